The van der Waals surface area contributed by atoms with Crippen LogP contribution in [0.25, 0.3) is 6.08 Å². The molecule has 2 aromatic carbocycles. The van der Waals surface area contributed by atoms with Crippen LogP contribution < -0.4 is 14.2 Å². The maximum absolute atomic E-state index is 12.5. The van der Waals surface area contributed by atoms with Crippen molar-refractivity contribution in [3.05, 3.63) is 59.7 Å². The molecule has 0 saturated carbocycles. The number of para-hydroxylation sites is 1. The van der Waals surface area contributed by atoms with Crippen molar-refractivity contribution in [3.63, 3.8) is 0 Å². The van der Waals surface area contributed by atoms with Crippen LogP contribution in [0.4, 0.5) is 0 Å². The first-order valence-corrected chi connectivity index (χ1v) is 7.27. The summed E-state index contributed by atoms with van der Waals surface area (Å²) in [5.74, 6) is 0.523. The Kier molecular flexibility index (Phi) is 5.73. The lowest BCUT2D eigenvalue weighted by Gasteiger charge is -2.09. The van der Waals surface area contributed by atoms with Crippen LogP contribution in [0.2, 0.25) is 0 Å². The highest BCUT2D eigenvalue weighted by atomic mass is 16.5. The van der Waals surface area contributed by atoms with Gasteiger partial charge in [0.15, 0.2) is 5.78 Å². The number of hydrogen-bond acceptors (Lipinski definition) is 5. The third kappa shape index (κ3) is 4.23. The molecule has 24 heavy (non-hydrogen) atoms. The van der Waals surface area contributed by atoms with E-state index in [0.717, 1.165) is 5.56 Å². The Labute approximate surface area is 140 Å². The van der Waals surface area contributed by atoms with Gasteiger partial charge in [0.25, 0.3) is 0 Å². The number of benzene rings is 2. The topological polar surface area (TPSA) is 61.8 Å². The van der Waals surface area contributed by atoms with E-state index in [9.17, 15) is 9.59 Å². The van der Waals surface area contributed by atoms with E-state index >= 15 is 0 Å². The smallest absolute Gasteiger partial charge is 0.308 e. The van der Waals surface area contributed by atoms with Crippen LogP contribution in [0.3, 0.4) is 0 Å². The molecule has 0 aliphatic rings. The number of allylic oxidation sites excluding steroid dienone is 1. The summed E-state index contributed by atoms with van der Waals surface area (Å²) < 4.78 is 15.4. The van der Waals surface area contributed by atoms with E-state index in [2.05, 4.69) is 0 Å². The normalized spacial score (nSPS) is 10.5. The molecule has 0 aromatic heterocycles. The zero-order valence-corrected chi connectivity index (χ0v) is 13.7. The standard InChI is InChI=1S/C19H18O5/c1-13(20)24-19-12-15(22-2)9-10-16(19)17(21)11-8-14-6-4-5-7-18(14)23-3/h4-12H,1-3H3/b11-8-. The fraction of sp³-hybridized carbons (Fsp3) is 0.158. The summed E-state index contributed by atoms with van der Waals surface area (Å²) >= 11 is 0. The van der Waals surface area contributed by atoms with Gasteiger partial charge in [-0.3, -0.25) is 9.59 Å². The summed E-state index contributed by atoms with van der Waals surface area (Å²) in [6.45, 7) is 1.28. The molecule has 5 heteroatoms. The van der Waals surface area contributed by atoms with E-state index in [-0.39, 0.29) is 17.1 Å². The van der Waals surface area contributed by atoms with Crippen molar-refractivity contribution in [1.82, 2.24) is 0 Å². The van der Waals surface area contributed by atoms with E-state index in [0.29, 0.717) is 11.5 Å². The molecular formula is C19H18O5. The molecular weight excluding hydrogens is 308 g/mol. The fourth-order valence-corrected chi connectivity index (χ4v) is 2.13. The second kappa shape index (κ2) is 7.97. The molecule has 0 aliphatic carbocycles. The molecule has 2 rings (SSSR count). The van der Waals surface area contributed by atoms with E-state index in [1.54, 1.807) is 25.3 Å². The van der Waals surface area contributed by atoms with Gasteiger partial charge in [-0.15, -0.1) is 0 Å². The van der Waals surface area contributed by atoms with Gasteiger partial charge in [-0.25, -0.2) is 0 Å². The highest BCUT2D eigenvalue weighted by Gasteiger charge is 2.13. The van der Waals surface area contributed by atoms with E-state index in [4.69, 9.17) is 14.2 Å². The highest BCUT2D eigenvalue weighted by Crippen LogP contribution is 2.26. The third-order valence-electron chi connectivity index (χ3n) is 3.26. The molecule has 2 aromatic rings. The quantitative estimate of drug-likeness (QED) is 0.352. The lowest BCUT2D eigenvalue weighted by atomic mass is 10.1. The van der Waals surface area contributed by atoms with Gasteiger partial charge < -0.3 is 14.2 Å². The van der Waals surface area contributed by atoms with Gasteiger partial charge in [-0.2, -0.15) is 0 Å². The minimum atomic E-state index is -0.508. The summed E-state index contributed by atoms with van der Waals surface area (Å²) in [7, 11) is 3.06. The van der Waals surface area contributed by atoms with E-state index in [1.807, 2.05) is 24.3 Å². The third-order valence-corrected chi connectivity index (χ3v) is 3.26. The molecule has 124 valence electrons. The average Bonchev–Trinajstić information content (AvgIpc) is 2.59. The molecule has 0 aliphatic heterocycles. The van der Waals surface area contributed by atoms with Crippen LogP contribution in [0.15, 0.2) is 48.5 Å². The lowest BCUT2D eigenvalue weighted by molar-refractivity contribution is -0.131. The Balaban J connectivity index is 2.32. The number of hydrogen-bond donors (Lipinski definition) is 0. The molecule has 0 unspecified atom stereocenters. The van der Waals surface area contributed by atoms with Gasteiger partial charge in [-0.1, -0.05) is 18.2 Å². The minimum Gasteiger partial charge on any atom is -0.497 e. The number of esters is 1. The largest absolute Gasteiger partial charge is 0.497 e. The van der Waals surface area contributed by atoms with Crippen molar-refractivity contribution < 1.29 is 23.8 Å². The maximum atomic E-state index is 12.5. The molecule has 0 amide bonds. The Morgan fingerprint density at radius 2 is 1.71 bits per heavy atom. The maximum Gasteiger partial charge on any atom is 0.308 e. The molecule has 0 heterocycles. The molecule has 0 bridgehead atoms. The predicted octanol–water partition coefficient (Wildman–Crippen LogP) is 3.53. The Morgan fingerprint density at radius 1 is 0.958 bits per heavy atom. The highest BCUT2D eigenvalue weighted by molar-refractivity contribution is 6.09. The number of carbonyl (C=O) groups excluding carboxylic acids is 2. The van der Waals surface area contributed by atoms with Crippen molar-refractivity contribution in [2.75, 3.05) is 14.2 Å². The molecule has 0 saturated heterocycles. The second-order valence-electron chi connectivity index (χ2n) is 4.90. The number of methoxy groups -OCH3 is 2. The number of ether oxygens (including phenoxy) is 3. The SMILES string of the molecule is COc1ccc(C(=O)/C=C\c2ccccc2OC)c(OC(C)=O)c1. The molecule has 0 fully saturated rings. The van der Waals surface area contributed by atoms with Crippen molar-refractivity contribution in [1.29, 1.82) is 0 Å². The summed E-state index contributed by atoms with van der Waals surface area (Å²) in [4.78, 5) is 23.7. The average molecular weight is 326 g/mol. The van der Waals surface area contributed by atoms with Crippen molar-refractivity contribution in [2.45, 2.75) is 6.92 Å². The molecule has 0 radical (unpaired) electrons. The van der Waals surface area contributed by atoms with Crippen molar-refractivity contribution in [3.8, 4) is 17.2 Å². The molecule has 0 atom stereocenters. The van der Waals surface area contributed by atoms with Crippen LogP contribution in [-0.2, 0) is 4.79 Å². The first kappa shape index (κ1) is 17.3. The summed E-state index contributed by atoms with van der Waals surface area (Å²) in [6.07, 6.45) is 3.07. The zero-order valence-electron chi connectivity index (χ0n) is 13.7. The molecule has 0 N–H and O–H groups in total. The van der Waals surface area contributed by atoms with Crippen LogP contribution in [0, 0.1) is 0 Å². The minimum absolute atomic E-state index is 0.163. The Bertz CT molecular complexity index is 777. The predicted molar refractivity (Wildman–Crippen MR) is 90.7 cm³/mol. The van der Waals surface area contributed by atoms with Crippen LogP contribution in [0.1, 0.15) is 22.8 Å². The van der Waals surface area contributed by atoms with Crippen molar-refractivity contribution in [2.24, 2.45) is 0 Å². The molecule has 0 spiro atoms. The molecule has 5 nitrogen and oxygen atoms in total. The number of carbonyl (C=O) groups is 2. The van der Waals surface area contributed by atoms with Gasteiger partial charge in [0.2, 0.25) is 0 Å². The van der Waals surface area contributed by atoms with Gasteiger partial charge in [0.05, 0.1) is 19.8 Å². The zero-order chi connectivity index (χ0) is 17.5. The lowest BCUT2D eigenvalue weighted by Crippen LogP contribution is -2.07. The number of ketones is 1. The second-order valence-corrected chi connectivity index (χ2v) is 4.90. The van der Waals surface area contributed by atoms with Crippen LogP contribution in [-0.4, -0.2) is 26.0 Å². The number of rotatable bonds is 6. The van der Waals surface area contributed by atoms with Gasteiger partial charge in [-0.05, 0) is 30.4 Å². The van der Waals surface area contributed by atoms with E-state index in [1.165, 1.54) is 26.2 Å². The van der Waals surface area contributed by atoms with Gasteiger partial charge in [0, 0.05) is 18.6 Å². The van der Waals surface area contributed by atoms with Gasteiger partial charge >= 0.3 is 5.97 Å². The van der Waals surface area contributed by atoms with Crippen LogP contribution in [0.5, 0.6) is 17.2 Å². The fourth-order valence-electron chi connectivity index (χ4n) is 2.13. The summed E-state index contributed by atoms with van der Waals surface area (Å²) in [5, 5.41) is 0. The first-order valence-electron chi connectivity index (χ1n) is 7.27. The van der Waals surface area contributed by atoms with Gasteiger partial charge in [0.1, 0.15) is 17.2 Å². The van der Waals surface area contributed by atoms with Crippen LogP contribution >= 0.6 is 0 Å². The Morgan fingerprint density at radius 3 is 2.38 bits per heavy atom. The first-order chi connectivity index (χ1) is 11.5. The van der Waals surface area contributed by atoms with Crippen molar-refractivity contribution >= 4 is 17.8 Å². The summed E-state index contributed by atoms with van der Waals surface area (Å²) in [5.41, 5.74) is 1.05. The monoisotopic (exact) mass is 326 g/mol. The Hall–Kier alpha value is -3.08. The summed E-state index contributed by atoms with van der Waals surface area (Å²) in [6, 6.07) is 12.0. The van der Waals surface area contributed by atoms with E-state index < -0.39 is 5.97 Å².